The molecule has 0 aromatic rings. The zero-order valence-electron chi connectivity index (χ0n) is 6.43. The molecule has 9 heavy (non-hydrogen) atoms. The van der Waals surface area contributed by atoms with Gasteiger partial charge in [0.1, 0.15) is 0 Å². The quantitative estimate of drug-likeness (QED) is 0.496. The standard InChI is InChI=1S/C9H16/c1-3-8-5-6-9(4-2)7-8/h5-6,8-9H,3-4,7H2,1-2H3. The SMILES string of the molecule is CCC1C=CC(CC)C1. The highest BCUT2D eigenvalue weighted by atomic mass is 14.2. The second-order valence-corrected chi connectivity index (χ2v) is 2.96. The lowest BCUT2D eigenvalue weighted by molar-refractivity contribution is 0.501. The normalized spacial score (nSPS) is 33.6. The van der Waals surface area contributed by atoms with Crippen molar-refractivity contribution in [1.29, 1.82) is 0 Å². The van der Waals surface area contributed by atoms with Gasteiger partial charge in [0.15, 0.2) is 0 Å². The Morgan fingerprint density at radius 3 is 1.78 bits per heavy atom. The van der Waals surface area contributed by atoms with E-state index in [1.54, 1.807) is 0 Å². The van der Waals surface area contributed by atoms with Crippen molar-refractivity contribution in [2.75, 3.05) is 0 Å². The first-order valence-corrected chi connectivity index (χ1v) is 4.05. The molecule has 0 aromatic heterocycles. The van der Waals surface area contributed by atoms with Gasteiger partial charge in [-0.1, -0.05) is 26.0 Å². The van der Waals surface area contributed by atoms with Gasteiger partial charge in [-0.2, -0.15) is 0 Å². The largest absolute Gasteiger partial charge is 0.0851 e. The Morgan fingerprint density at radius 2 is 1.56 bits per heavy atom. The van der Waals surface area contributed by atoms with Crippen LogP contribution in [0.2, 0.25) is 0 Å². The molecule has 0 heterocycles. The fraction of sp³-hybridized carbons (Fsp3) is 0.778. The summed E-state index contributed by atoms with van der Waals surface area (Å²) in [5, 5.41) is 0. The van der Waals surface area contributed by atoms with E-state index in [4.69, 9.17) is 0 Å². The average molecular weight is 124 g/mol. The Kier molecular flexibility index (Phi) is 2.32. The molecule has 0 spiro atoms. The van der Waals surface area contributed by atoms with Crippen LogP contribution in [0.1, 0.15) is 33.1 Å². The first kappa shape index (κ1) is 6.85. The highest BCUT2D eigenvalue weighted by Crippen LogP contribution is 2.27. The third kappa shape index (κ3) is 1.57. The molecule has 1 aliphatic carbocycles. The molecular weight excluding hydrogens is 108 g/mol. The van der Waals surface area contributed by atoms with Crippen LogP contribution in [-0.4, -0.2) is 0 Å². The molecule has 0 saturated heterocycles. The highest BCUT2D eigenvalue weighted by Gasteiger charge is 2.14. The first-order valence-electron chi connectivity index (χ1n) is 4.05. The first-order chi connectivity index (χ1) is 4.36. The van der Waals surface area contributed by atoms with E-state index in [9.17, 15) is 0 Å². The minimum absolute atomic E-state index is 0.898. The molecule has 1 rings (SSSR count). The van der Waals surface area contributed by atoms with E-state index in [2.05, 4.69) is 26.0 Å². The summed E-state index contributed by atoms with van der Waals surface area (Å²) in [5.41, 5.74) is 0. The lowest BCUT2D eigenvalue weighted by atomic mass is 10.00. The zero-order valence-corrected chi connectivity index (χ0v) is 6.43. The summed E-state index contributed by atoms with van der Waals surface area (Å²) < 4.78 is 0. The molecule has 2 unspecified atom stereocenters. The fourth-order valence-electron chi connectivity index (χ4n) is 1.47. The van der Waals surface area contributed by atoms with Gasteiger partial charge in [-0.25, -0.2) is 0 Å². The van der Waals surface area contributed by atoms with Gasteiger partial charge < -0.3 is 0 Å². The predicted octanol–water partition coefficient (Wildman–Crippen LogP) is 3.00. The molecule has 0 aromatic carbocycles. The van der Waals surface area contributed by atoms with Crippen LogP contribution in [0.5, 0.6) is 0 Å². The lowest BCUT2D eigenvalue weighted by Crippen LogP contribution is -1.94. The summed E-state index contributed by atoms with van der Waals surface area (Å²) in [6.07, 6.45) is 8.83. The van der Waals surface area contributed by atoms with Crippen LogP contribution >= 0.6 is 0 Å². The molecule has 1 aliphatic rings. The molecule has 0 heteroatoms. The maximum Gasteiger partial charge on any atom is -0.0230 e. The monoisotopic (exact) mass is 124 g/mol. The van der Waals surface area contributed by atoms with Crippen LogP contribution < -0.4 is 0 Å². The van der Waals surface area contributed by atoms with Crippen LogP contribution in [0, 0.1) is 11.8 Å². The minimum Gasteiger partial charge on any atom is -0.0851 e. The molecular formula is C9H16. The lowest BCUT2D eigenvalue weighted by Gasteiger charge is -2.05. The summed E-state index contributed by atoms with van der Waals surface area (Å²) in [4.78, 5) is 0. The molecule has 52 valence electrons. The predicted molar refractivity (Wildman–Crippen MR) is 41.3 cm³/mol. The molecule has 0 N–H and O–H groups in total. The number of hydrogen-bond donors (Lipinski definition) is 0. The molecule has 0 amide bonds. The van der Waals surface area contributed by atoms with E-state index < -0.39 is 0 Å². The second-order valence-electron chi connectivity index (χ2n) is 2.96. The van der Waals surface area contributed by atoms with Crippen LogP contribution in [0.3, 0.4) is 0 Å². The van der Waals surface area contributed by atoms with E-state index >= 15 is 0 Å². The van der Waals surface area contributed by atoms with Gasteiger partial charge in [-0.3, -0.25) is 0 Å². The molecule has 0 radical (unpaired) electrons. The Hall–Kier alpha value is -0.260. The summed E-state index contributed by atoms with van der Waals surface area (Å²) in [6, 6.07) is 0. The Labute approximate surface area is 58.0 Å². The smallest absolute Gasteiger partial charge is 0.0230 e. The van der Waals surface area contributed by atoms with E-state index in [-0.39, 0.29) is 0 Å². The zero-order chi connectivity index (χ0) is 6.69. The van der Waals surface area contributed by atoms with Gasteiger partial charge in [-0.15, -0.1) is 0 Å². The van der Waals surface area contributed by atoms with Crippen molar-refractivity contribution in [3.8, 4) is 0 Å². The second kappa shape index (κ2) is 3.05. The maximum atomic E-state index is 2.38. The van der Waals surface area contributed by atoms with Crippen molar-refractivity contribution in [3.63, 3.8) is 0 Å². The minimum atomic E-state index is 0.898. The molecule has 0 saturated carbocycles. The number of hydrogen-bond acceptors (Lipinski definition) is 0. The summed E-state index contributed by atoms with van der Waals surface area (Å²) in [6.45, 7) is 4.54. The van der Waals surface area contributed by atoms with E-state index in [1.807, 2.05) is 0 Å². The third-order valence-electron chi connectivity index (χ3n) is 2.31. The maximum absolute atomic E-state index is 2.38. The summed E-state index contributed by atoms with van der Waals surface area (Å²) in [7, 11) is 0. The van der Waals surface area contributed by atoms with E-state index in [1.165, 1.54) is 19.3 Å². The summed E-state index contributed by atoms with van der Waals surface area (Å²) in [5.74, 6) is 1.80. The fourth-order valence-corrected chi connectivity index (χ4v) is 1.47. The van der Waals surface area contributed by atoms with Crippen molar-refractivity contribution in [2.24, 2.45) is 11.8 Å². The number of allylic oxidation sites excluding steroid dienone is 2. The van der Waals surface area contributed by atoms with Crippen molar-refractivity contribution in [1.82, 2.24) is 0 Å². The Balaban J connectivity index is 2.31. The third-order valence-corrected chi connectivity index (χ3v) is 2.31. The van der Waals surface area contributed by atoms with Gasteiger partial charge in [0.2, 0.25) is 0 Å². The van der Waals surface area contributed by atoms with E-state index in [0.29, 0.717) is 0 Å². The van der Waals surface area contributed by atoms with Gasteiger partial charge >= 0.3 is 0 Å². The molecule has 0 fully saturated rings. The average Bonchev–Trinajstić information content (AvgIpc) is 2.34. The highest BCUT2D eigenvalue weighted by molar-refractivity contribution is 5.00. The molecule has 0 aliphatic heterocycles. The van der Waals surface area contributed by atoms with Crippen molar-refractivity contribution >= 4 is 0 Å². The van der Waals surface area contributed by atoms with Crippen molar-refractivity contribution in [3.05, 3.63) is 12.2 Å². The van der Waals surface area contributed by atoms with Crippen LogP contribution in [0.4, 0.5) is 0 Å². The Bertz CT molecular complexity index is 90.6. The Morgan fingerprint density at radius 1 is 1.11 bits per heavy atom. The van der Waals surface area contributed by atoms with Gasteiger partial charge in [0.05, 0.1) is 0 Å². The van der Waals surface area contributed by atoms with Gasteiger partial charge in [0, 0.05) is 0 Å². The topological polar surface area (TPSA) is 0 Å². The van der Waals surface area contributed by atoms with Crippen molar-refractivity contribution < 1.29 is 0 Å². The van der Waals surface area contributed by atoms with E-state index in [0.717, 1.165) is 11.8 Å². The van der Waals surface area contributed by atoms with Crippen LogP contribution in [0.15, 0.2) is 12.2 Å². The molecule has 0 bridgehead atoms. The van der Waals surface area contributed by atoms with Crippen molar-refractivity contribution in [2.45, 2.75) is 33.1 Å². The van der Waals surface area contributed by atoms with Gasteiger partial charge in [-0.05, 0) is 31.1 Å². The number of rotatable bonds is 2. The van der Waals surface area contributed by atoms with Gasteiger partial charge in [0.25, 0.3) is 0 Å². The molecule has 2 atom stereocenters. The van der Waals surface area contributed by atoms with Crippen LogP contribution in [0.25, 0.3) is 0 Å². The molecule has 0 nitrogen and oxygen atoms in total. The van der Waals surface area contributed by atoms with Crippen LogP contribution in [-0.2, 0) is 0 Å². The summed E-state index contributed by atoms with van der Waals surface area (Å²) >= 11 is 0.